The Kier molecular flexibility index (Phi) is 5.35. The van der Waals surface area contributed by atoms with E-state index < -0.39 is 12.2 Å². The monoisotopic (exact) mass is 382 g/mol. The second kappa shape index (κ2) is 8.07. The number of anilines is 1. The van der Waals surface area contributed by atoms with E-state index in [1.807, 2.05) is 30.7 Å². The molecule has 2 aliphatic rings. The predicted molar refractivity (Wildman–Crippen MR) is 103 cm³/mol. The Bertz CT molecular complexity index is 886. The highest BCUT2D eigenvalue weighted by atomic mass is 19.1. The third-order valence-corrected chi connectivity index (χ3v) is 5.59. The fraction of sp³-hybridized carbons (Fsp3) is 0.500. The van der Waals surface area contributed by atoms with E-state index in [-0.39, 0.29) is 25.4 Å². The van der Waals surface area contributed by atoms with Crippen molar-refractivity contribution >= 4 is 22.4 Å². The zero-order valence-corrected chi connectivity index (χ0v) is 15.6. The van der Waals surface area contributed by atoms with Gasteiger partial charge in [0.1, 0.15) is 12.2 Å². The molecule has 0 spiro atoms. The Morgan fingerprint density at radius 3 is 2.89 bits per heavy atom. The average molecular weight is 382 g/mol. The largest absolute Gasteiger partial charge is 0.380 e. The van der Waals surface area contributed by atoms with E-state index in [1.165, 1.54) is 4.90 Å². The van der Waals surface area contributed by atoms with Crippen LogP contribution in [0.25, 0.3) is 10.8 Å². The second-order valence-corrected chi connectivity index (χ2v) is 7.50. The average Bonchev–Trinajstić information content (AvgIpc) is 3.11. The van der Waals surface area contributed by atoms with Gasteiger partial charge in [0.25, 0.3) is 0 Å². The number of pyridine rings is 2. The summed E-state index contributed by atoms with van der Waals surface area (Å²) in [5, 5.41) is 14.8. The molecule has 2 saturated heterocycles. The normalized spacial score (nSPS) is 23.6. The van der Waals surface area contributed by atoms with Gasteiger partial charge in [-0.15, -0.1) is 0 Å². The first kappa shape index (κ1) is 18.6. The number of halogens is 1. The summed E-state index contributed by atoms with van der Waals surface area (Å²) in [4.78, 5) is 24.5. The second-order valence-electron chi connectivity index (χ2n) is 7.50. The highest BCUT2D eigenvalue weighted by Crippen LogP contribution is 2.24. The molecule has 28 heavy (non-hydrogen) atoms. The SMILES string of the molecule is N#CC1C[C@H](F)CN1C(=O)CN1CCC(Nc2cncc3ccncc23)CC1. The molecule has 4 rings (SSSR count). The van der Waals surface area contributed by atoms with Crippen LogP contribution >= 0.6 is 0 Å². The van der Waals surface area contributed by atoms with Crippen molar-refractivity contribution in [1.29, 1.82) is 5.26 Å². The van der Waals surface area contributed by atoms with Gasteiger partial charge in [0.2, 0.25) is 5.91 Å². The number of nitrogens with zero attached hydrogens (tertiary/aromatic N) is 5. The first-order valence-corrected chi connectivity index (χ1v) is 9.64. The molecule has 1 amide bonds. The number of hydrogen-bond donors (Lipinski definition) is 1. The quantitative estimate of drug-likeness (QED) is 0.870. The van der Waals surface area contributed by atoms with E-state index in [9.17, 15) is 9.18 Å². The number of piperidine rings is 1. The van der Waals surface area contributed by atoms with Gasteiger partial charge in [-0.05, 0) is 18.9 Å². The molecule has 1 unspecified atom stereocenters. The van der Waals surface area contributed by atoms with Crippen LogP contribution in [0.3, 0.4) is 0 Å². The molecule has 2 aromatic rings. The van der Waals surface area contributed by atoms with Gasteiger partial charge in [-0.1, -0.05) is 0 Å². The number of nitriles is 1. The Labute approximate surface area is 163 Å². The maximum Gasteiger partial charge on any atom is 0.237 e. The molecule has 0 aliphatic carbocycles. The third-order valence-electron chi connectivity index (χ3n) is 5.59. The summed E-state index contributed by atoms with van der Waals surface area (Å²) in [6.45, 7) is 1.85. The number of likely N-dealkylation sites (tertiary alicyclic amines) is 2. The molecule has 8 heteroatoms. The first-order chi connectivity index (χ1) is 13.6. The van der Waals surface area contributed by atoms with Crippen LogP contribution < -0.4 is 5.32 Å². The van der Waals surface area contributed by atoms with Gasteiger partial charge in [0.05, 0.1) is 31.0 Å². The van der Waals surface area contributed by atoms with Crippen molar-refractivity contribution in [1.82, 2.24) is 19.8 Å². The molecule has 2 aliphatic heterocycles. The van der Waals surface area contributed by atoms with Gasteiger partial charge < -0.3 is 10.2 Å². The van der Waals surface area contributed by atoms with Gasteiger partial charge >= 0.3 is 0 Å². The zero-order valence-electron chi connectivity index (χ0n) is 15.6. The Morgan fingerprint density at radius 1 is 1.29 bits per heavy atom. The highest BCUT2D eigenvalue weighted by molar-refractivity contribution is 5.92. The number of hydrogen-bond acceptors (Lipinski definition) is 6. The fourth-order valence-electron chi connectivity index (χ4n) is 4.04. The summed E-state index contributed by atoms with van der Waals surface area (Å²) in [5.41, 5.74) is 0.975. The lowest BCUT2D eigenvalue weighted by Gasteiger charge is -2.33. The van der Waals surface area contributed by atoms with Crippen molar-refractivity contribution < 1.29 is 9.18 Å². The summed E-state index contributed by atoms with van der Waals surface area (Å²) in [7, 11) is 0. The first-order valence-electron chi connectivity index (χ1n) is 9.64. The van der Waals surface area contributed by atoms with Crippen molar-refractivity contribution in [2.75, 3.05) is 31.5 Å². The minimum absolute atomic E-state index is 0.0389. The minimum Gasteiger partial charge on any atom is -0.380 e. The van der Waals surface area contributed by atoms with E-state index >= 15 is 0 Å². The van der Waals surface area contributed by atoms with Crippen LogP contribution in [0.15, 0.2) is 30.9 Å². The van der Waals surface area contributed by atoms with Crippen LogP contribution in [0, 0.1) is 11.3 Å². The number of nitrogens with one attached hydrogen (secondary N) is 1. The molecular formula is C20H23FN6O. The number of fused-ring (bicyclic) bond motifs is 1. The predicted octanol–water partition coefficient (Wildman–Crippen LogP) is 1.97. The summed E-state index contributed by atoms with van der Waals surface area (Å²) in [6.07, 6.45) is 8.08. The van der Waals surface area contributed by atoms with E-state index in [1.54, 1.807) is 6.20 Å². The Balaban J connectivity index is 1.31. The van der Waals surface area contributed by atoms with Gasteiger partial charge in [-0.2, -0.15) is 5.26 Å². The maximum atomic E-state index is 13.5. The summed E-state index contributed by atoms with van der Waals surface area (Å²) in [5.74, 6) is -0.151. The molecule has 4 heterocycles. The van der Waals surface area contributed by atoms with Crippen molar-refractivity contribution in [3.05, 3.63) is 30.9 Å². The van der Waals surface area contributed by atoms with E-state index in [2.05, 4.69) is 20.2 Å². The fourth-order valence-corrected chi connectivity index (χ4v) is 4.04. The number of aromatic nitrogens is 2. The molecule has 146 valence electrons. The summed E-state index contributed by atoms with van der Waals surface area (Å²) < 4.78 is 13.5. The molecule has 0 aromatic carbocycles. The molecule has 0 radical (unpaired) electrons. The third kappa shape index (κ3) is 3.90. The molecular weight excluding hydrogens is 359 g/mol. The maximum absolute atomic E-state index is 13.5. The molecule has 2 fully saturated rings. The van der Waals surface area contributed by atoms with Crippen LogP contribution in [-0.2, 0) is 4.79 Å². The van der Waals surface area contributed by atoms with E-state index in [4.69, 9.17) is 5.26 Å². The molecule has 0 saturated carbocycles. The van der Waals surface area contributed by atoms with E-state index in [0.717, 1.165) is 42.4 Å². The van der Waals surface area contributed by atoms with Crippen LogP contribution in [0.5, 0.6) is 0 Å². The van der Waals surface area contributed by atoms with Crippen molar-refractivity contribution in [3.8, 4) is 6.07 Å². The Morgan fingerprint density at radius 2 is 2.11 bits per heavy atom. The van der Waals surface area contributed by atoms with Crippen molar-refractivity contribution in [3.63, 3.8) is 0 Å². The standard InChI is InChI=1S/C20H23FN6O/c21-15-7-17(8-22)27(12-15)20(28)13-26-5-2-16(3-6-26)25-19-11-24-9-14-1-4-23-10-18(14)19/h1,4,9-11,15-17,25H,2-3,5-7,12-13H2/t15-,17?/m0/s1. The van der Waals surface area contributed by atoms with Gasteiger partial charge in [-0.25, -0.2) is 4.39 Å². The van der Waals surface area contributed by atoms with Crippen molar-refractivity contribution in [2.45, 2.75) is 37.5 Å². The molecule has 1 N–H and O–H groups in total. The molecule has 2 atom stereocenters. The van der Waals surface area contributed by atoms with Gasteiger partial charge in [0.15, 0.2) is 0 Å². The van der Waals surface area contributed by atoms with Crippen molar-refractivity contribution in [2.24, 2.45) is 0 Å². The topological polar surface area (TPSA) is 85.2 Å². The van der Waals surface area contributed by atoms with Gasteiger partial charge in [-0.3, -0.25) is 19.7 Å². The van der Waals surface area contributed by atoms with Crippen LogP contribution in [0.1, 0.15) is 19.3 Å². The minimum atomic E-state index is -1.09. The lowest BCUT2D eigenvalue weighted by atomic mass is 10.0. The summed E-state index contributed by atoms with van der Waals surface area (Å²) in [6, 6.07) is 3.65. The smallest absolute Gasteiger partial charge is 0.237 e. The zero-order chi connectivity index (χ0) is 19.5. The number of rotatable bonds is 4. The number of amides is 1. The van der Waals surface area contributed by atoms with E-state index in [0.29, 0.717) is 6.04 Å². The van der Waals surface area contributed by atoms with Gasteiger partial charge in [0, 0.05) is 54.9 Å². The number of carbonyl (C=O) groups excluding carboxylic acids is 1. The lowest BCUT2D eigenvalue weighted by Crippen LogP contribution is -2.46. The van der Waals surface area contributed by atoms with Crippen LogP contribution in [0.4, 0.5) is 10.1 Å². The molecule has 0 bridgehead atoms. The summed E-state index contributed by atoms with van der Waals surface area (Å²) >= 11 is 0. The van der Waals surface area contributed by atoms with Crippen LogP contribution in [0.2, 0.25) is 0 Å². The van der Waals surface area contributed by atoms with Crippen LogP contribution in [-0.4, -0.2) is 70.1 Å². The number of alkyl halides is 1. The molecule has 7 nitrogen and oxygen atoms in total. The lowest BCUT2D eigenvalue weighted by molar-refractivity contribution is -0.132. The molecule has 2 aromatic heterocycles. The number of carbonyl (C=O) groups is 1. The highest BCUT2D eigenvalue weighted by Gasteiger charge is 2.36. The Hall–Kier alpha value is -2.79.